The minimum atomic E-state index is -1.09. The van der Waals surface area contributed by atoms with Crippen molar-refractivity contribution in [2.45, 2.75) is 19.0 Å². The highest BCUT2D eigenvalue weighted by Crippen LogP contribution is 2.31. The Kier molecular flexibility index (Phi) is 6.81. The van der Waals surface area contributed by atoms with Crippen LogP contribution in [0.4, 0.5) is 4.39 Å². The van der Waals surface area contributed by atoms with Gasteiger partial charge in [-0.3, -0.25) is 9.59 Å². The van der Waals surface area contributed by atoms with E-state index in [0.29, 0.717) is 22.6 Å². The quantitative estimate of drug-likeness (QED) is 0.538. The van der Waals surface area contributed by atoms with Gasteiger partial charge in [-0.15, -0.1) is 5.10 Å². The summed E-state index contributed by atoms with van der Waals surface area (Å²) in [6.07, 6.45) is 1.06. The topological polar surface area (TPSA) is 116 Å². The number of amides is 1. The van der Waals surface area contributed by atoms with E-state index in [0.717, 1.165) is 0 Å². The number of aromatic nitrogens is 3. The number of nitrogens with one attached hydrogen (secondary N) is 1. The molecule has 1 atom stereocenters. The van der Waals surface area contributed by atoms with Crippen LogP contribution in [0.1, 0.15) is 34.1 Å². The molecular weight excluding hydrogens is 407 g/mol. The maximum absolute atomic E-state index is 13.3. The lowest BCUT2D eigenvalue weighted by molar-refractivity contribution is -0.137. The molecule has 0 spiro atoms. The average molecular weight is 428 g/mol. The molecule has 162 valence electrons. The summed E-state index contributed by atoms with van der Waals surface area (Å²) in [6.45, 7) is 0.228. The van der Waals surface area contributed by atoms with E-state index in [2.05, 4.69) is 15.6 Å². The predicted molar refractivity (Wildman–Crippen MR) is 108 cm³/mol. The molecule has 3 aromatic rings. The van der Waals surface area contributed by atoms with Crippen molar-refractivity contribution in [3.8, 4) is 11.5 Å². The van der Waals surface area contributed by atoms with Gasteiger partial charge in [0.15, 0.2) is 17.2 Å². The van der Waals surface area contributed by atoms with Gasteiger partial charge in [-0.25, -0.2) is 9.07 Å². The number of hydrogen-bond acceptors (Lipinski definition) is 6. The lowest BCUT2D eigenvalue weighted by Crippen LogP contribution is -2.30. The van der Waals surface area contributed by atoms with Crippen LogP contribution in [0, 0.1) is 5.82 Å². The van der Waals surface area contributed by atoms with E-state index in [1.165, 1.54) is 37.2 Å². The fourth-order valence-electron chi connectivity index (χ4n) is 3.03. The summed E-state index contributed by atoms with van der Waals surface area (Å²) in [4.78, 5) is 24.0. The molecule has 0 saturated heterocycles. The minimum absolute atomic E-state index is 0.00673. The van der Waals surface area contributed by atoms with Gasteiger partial charge in [0, 0.05) is 0 Å². The summed E-state index contributed by atoms with van der Waals surface area (Å²) in [6, 6.07) is 10.0. The fourth-order valence-corrected chi connectivity index (χ4v) is 3.03. The van der Waals surface area contributed by atoms with Crippen molar-refractivity contribution in [2.75, 3.05) is 14.2 Å². The van der Waals surface area contributed by atoms with Crippen LogP contribution in [0.5, 0.6) is 11.5 Å². The number of carboxylic acid groups (broad SMARTS) is 1. The standard InChI is InChI=1S/C21H21FN4O5/c1-30-18-7-6-14(9-19(18)31-2)16(10-20(27)28)23-21(29)17-12-26(25-24-17)11-13-4-3-5-15(22)8-13/h3-9,12,16H,10-11H2,1-2H3,(H,23,29)(H,27,28)/t16-/m0/s1. The lowest BCUT2D eigenvalue weighted by atomic mass is 10.0. The van der Waals surface area contributed by atoms with Crippen LogP contribution in [0.3, 0.4) is 0 Å². The Bertz CT molecular complexity index is 1090. The third-order valence-corrected chi connectivity index (χ3v) is 4.50. The van der Waals surface area contributed by atoms with Gasteiger partial charge in [0.05, 0.1) is 39.4 Å². The molecule has 3 rings (SSSR count). The number of carbonyl (C=O) groups is 2. The first-order valence-electron chi connectivity index (χ1n) is 9.28. The zero-order valence-electron chi connectivity index (χ0n) is 16.9. The zero-order chi connectivity index (χ0) is 22.4. The van der Waals surface area contributed by atoms with Crippen LogP contribution < -0.4 is 14.8 Å². The zero-order valence-corrected chi connectivity index (χ0v) is 16.9. The van der Waals surface area contributed by atoms with Gasteiger partial charge in [-0.1, -0.05) is 23.4 Å². The normalized spacial score (nSPS) is 11.6. The van der Waals surface area contributed by atoms with E-state index in [9.17, 15) is 19.1 Å². The first-order valence-corrected chi connectivity index (χ1v) is 9.28. The molecule has 0 unspecified atom stereocenters. The van der Waals surface area contributed by atoms with Crippen LogP contribution in [-0.2, 0) is 11.3 Å². The molecule has 0 saturated carbocycles. The first kappa shape index (κ1) is 21.8. The van der Waals surface area contributed by atoms with Gasteiger partial charge in [0.2, 0.25) is 0 Å². The van der Waals surface area contributed by atoms with Crippen molar-refractivity contribution < 1.29 is 28.6 Å². The van der Waals surface area contributed by atoms with Gasteiger partial charge in [-0.05, 0) is 35.4 Å². The van der Waals surface area contributed by atoms with Gasteiger partial charge in [0.25, 0.3) is 5.91 Å². The maximum Gasteiger partial charge on any atom is 0.305 e. The van der Waals surface area contributed by atoms with Crippen LogP contribution in [0.15, 0.2) is 48.7 Å². The molecule has 31 heavy (non-hydrogen) atoms. The van der Waals surface area contributed by atoms with Crippen molar-refractivity contribution in [2.24, 2.45) is 0 Å². The van der Waals surface area contributed by atoms with Crippen molar-refractivity contribution in [3.05, 3.63) is 71.3 Å². The average Bonchev–Trinajstić information content (AvgIpc) is 3.21. The Morgan fingerprint density at radius 1 is 1.16 bits per heavy atom. The van der Waals surface area contributed by atoms with E-state index in [4.69, 9.17) is 9.47 Å². The molecule has 0 aliphatic heterocycles. The van der Waals surface area contributed by atoms with Gasteiger partial charge >= 0.3 is 5.97 Å². The Hall–Kier alpha value is -3.95. The second kappa shape index (κ2) is 9.70. The highest BCUT2D eigenvalue weighted by atomic mass is 19.1. The molecule has 0 aliphatic carbocycles. The van der Waals surface area contributed by atoms with Crippen molar-refractivity contribution in [1.29, 1.82) is 0 Å². The Labute approximate surface area is 177 Å². The summed E-state index contributed by atoms with van der Waals surface area (Å²) in [7, 11) is 2.95. The molecule has 1 heterocycles. The SMILES string of the molecule is COc1ccc([C@H](CC(=O)O)NC(=O)c2cn(Cc3cccc(F)c3)nn2)cc1OC. The molecule has 0 bridgehead atoms. The Balaban J connectivity index is 1.77. The van der Waals surface area contributed by atoms with Crippen molar-refractivity contribution in [1.82, 2.24) is 20.3 Å². The van der Waals surface area contributed by atoms with E-state index in [1.54, 1.807) is 30.3 Å². The number of carbonyl (C=O) groups excluding carboxylic acids is 1. The summed E-state index contributed by atoms with van der Waals surface area (Å²) in [5, 5.41) is 19.7. The highest BCUT2D eigenvalue weighted by Gasteiger charge is 2.22. The number of nitrogens with zero attached hydrogens (tertiary/aromatic N) is 3. The van der Waals surface area contributed by atoms with Crippen molar-refractivity contribution in [3.63, 3.8) is 0 Å². The predicted octanol–water partition coefficient (Wildman–Crippen LogP) is 2.43. The number of rotatable bonds is 9. The Morgan fingerprint density at radius 2 is 1.94 bits per heavy atom. The molecule has 2 aromatic carbocycles. The number of hydrogen-bond donors (Lipinski definition) is 2. The number of aliphatic carboxylic acids is 1. The minimum Gasteiger partial charge on any atom is -0.493 e. The lowest BCUT2D eigenvalue weighted by Gasteiger charge is -2.18. The number of benzene rings is 2. The fraction of sp³-hybridized carbons (Fsp3) is 0.238. The van der Waals surface area contributed by atoms with E-state index >= 15 is 0 Å². The van der Waals surface area contributed by atoms with E-state index < -0.39 is 17.9 Å². The van der Waals surface area contributed by atoms with Crippen LogP contribution in [0.2, 0.25) is 0 Å². The van der Waals surface area contributed by atoms with Gasteiger partial charge < -0.3 is 19.9 Å². The first-order chi connectivity index (χ1) is 14.9. The van der Waals surface area contributed by atoms with Crippen LogP contribution >= 0.6 is 0 Å². The molecule has 0 radical (unpaired) electrons. The van der Waals surface area contributed by atoms with Crippen LogP contribution in [0.25, 0.3) is 0 Å². The summed E-state index contributed by atoms with van der Waals surface area (Å²) < 4.78 is 25.2. The molecule has 0 aliphatic rings. The smallest absolute Gasteiger partial charge is 0.305 e. The van der Waals surface area contributed by atoms with E-state index in [1.807, 2.05) is 0 Å². The second-order valence-corrected chi connectivity index (χ2v) is 6.67. The summed E-state index contributed by atoms with van der Waals surface area (Å²) in [5.74, 6) is -1.17. The third-order valence-electron chi connectivity index (χ3n) is 4.50. The van der Waals surface area contributed by atoms with E-state index in [-0.39, 0.29) is 24.5 Å². The third kappa shape index (κ3) is 5.56. The van der Waals surface area contributed by atoms with Crippen LogP contribution in [-0.4, -0.2) is 46.2 Å². The molecule has 1 amide bonds. The monoisotopic (exact) mass is 428 g/mol. The number of methoxy groups -OCH3 is 2. The molecule has 1 aromatic heterocycles. The number of halogens is 1. The highest BCUT2D eigenvalue weighted by molar-refractivity contribution is 5.92. The second-order valence-electron chi connectivity index (χ2n) is 6.67. The maximum atomic E-state index is 13.3. The Morgan fingerprint density at radius 3 is 2.61 bits per heavy atom. The number of ether oxygens (including phenoxy) is 2. The van der Waals surface area contributed by atoms with Crippen molar-refractivity contribution >= 4 is 11.9 Å². The molecule has 10 heteroatoms. The summed E-state index contributed by atoms with van der Waals surface area (Å²) in [5.41, 5.74) is 1.19. The largest absolute Gasteiger partial charge is 0.493 e. The summed E-state index contributed by atoms with van der Waals surface area (Å²) >= 11 is 0. The molecule has 2 N–H and O–H groups in total. The molecule has 9 nitrogen and oxygen atoms in total. The molecular formula is C21H21FN4O5. The molecule has 0 fully saturated rings. The van der Waals surface area contributed by atoms with Gasteiger partial charge in [-0.2, -0.15) is 0 Å². The van der Waals surface area contributed by atoms with Gasteiger partial charge in [0.1, 0.15) is 5.82 Å². The number of carboxylic acids is 1.